The van der Waals surface area contributed by atoms with Gasteiger partial charge in [-0.1, -0.05) is 140 Å². The first kappa shape index (κ1) is 26.8. The fourth-order valence-electron chi connectivity index (χ4n) is 7.53. The van der Waals surface area contributed by atoms with Crippen LogP contribution in [-0.4, -0.2) is 0 Å². The minimum atomic E-state index is 0.784. The third-order valence-electron chi connectivity index (χ3n) is 9.76. The van der Waals surface area contributed by atoms with Crippen LogP contribution < -0.4 is 0 Å². The molecule has 0 saturated carbocycles. The van der Waals surface area contributed by atoms with Gasteiger partial charge in [-0.2, -0.15) is 0 Å². The molecule has 8 aromatic carbocycles. The second-order valence-corrected chi connectivity index (χ2v) is 12.4. The van der Waals surface area contributed by atoms with Gasteiger partial charge in [-0.25, -0.2) is 0 Å². The maximum atomic E-state index is 6.41. The molecule has 2 heterocycles. The van der Waals surface area contributed by atoms with E-state index in [9.17, 15) is 0 Å². The lowest BCUT2D eigenvalue weighted by Gasteiger charge is -2.18. The van der Waals surface area contributed by atoms with Crippen molar-refractivity contribution < 1.29 is 8.83 Å². The molecule has 48 heavy (non-hydrogen) atoms. The molecule has 0 saturated heterocycles. The molecule has 0 aliphatic rings. The van der Waals surface area contributed by atoms with Gasteiger partial charge in [-0.15, -0.1) is 0 Å². The van der Waals surface area contributed by atoms with E-state index in [0.29, 0.717) is 0 Å². The zero-order chi connectivity index (χ0) is 31.6. The SMILES string of the molecule is c1ccc(-c2c3ccccc3c(-c3ccc(-c4ccc5oc6c(ccc7c(-c8ccccc8)coc76)c5c4)cc3)c3ccccc23)cc1. The van der Waals surface area contributed by atoms with E-state index in [1.54, 1.807) is 0 Å². The van der Waals surface area contributed by atoms with Gasteiger partial charge in [0.05, 0.1) is 6.26 Å². The van der Waals surface area contributed by atoms with Gasteiger partial charge in [0, 0.05) is 21.7 Å². The fraction of sp³-hybridized carbons (Fsp3) is 0. The zero-order valence-electron chi connectivity index (χ0n) is 26.0. The molecule has 0 spiro atoms. The molecular weight excluding hydrogens is 585 g/mol. The molecule has 0 amide bonds. The summed E-state index contributed by atoms with van der Waals surface area (Å²) in [5.41, 5.74) is 11.9. The van der Waals surface area contributed by atoms with Crippen molar-refractivity contribution in [3.8, 4) is 44.5 Å². The second kappa shape index (κ2) is 10.6. The molecule has 0 aliphatic carbocycles. The highest BCUT2D eigenvalue weighted by molar-refractivity contribution is 6.21. The Labute approximate surface area is 277 Å². The van der Waals surface area contributed by atoms with Crippen LogP contribution in [0.15, 0.2) is 179 Å². The molecule has 2 heteroatoms. The summed E-state index contributed by atoms with van der Waals surface area (Å²) in [7, 11) is 0. The van der Waals surface area contributed by atoms with E-state index < -0.39 is 0 Å². The van der Waals surface area contributed by atoms with Crippen molar-refractivity contribution in [1.29, 1.82) is 0 Å². The summed E-state index contributed by atoms with van der Waals surface area (Å²) < 4.78 is 12.5. The Bertz CT molecular complexity index is 2750. The van der Waals surface area contributed by atoms with Gasteiger partial charge in [0.15, 0.2) is 11.2 Å². The predicted octanol–water partition coefficient (Wildman–Crippen LogP) is 13.3. The quantitative estimate of drug-likeness (QED) is 0.185. The lowest BCUT2D eigenvalue weighted by molar-refractivity contribution is 0.600. The van der Waals surface area contributed by atoms with Crippen LogP contribution in [0.5, 0.6) is 0 Å². The maximum Gasteiger partial charge on any atom is 0.178 e. The van der Waals surface area contributed by atoms with Crippen LogP contribution in [0, 0.1) is 0 Å². The van der Waals surface area contributed by atoms with Gasteiger partial charge in [0.25, 0.3) is 0 Å². The Hall–Kier alpha value is -6.38. The highest BCUT2D eigenvalue weighted by Gasteiger charge is 2.18. The van der Waals surface area contributed by atoms with Crippen LogP contribution in [0.2, 0.25) is 0 Å². The average Bonchev–Trinajstić information content (AvgIpc) is 3.76. The third kappa shape index (κ3) is 4.06. The summed E-state index contributed by atoms with van der Waals surface area (Å²) in [5, 5.41) is 8.24. The summed E-state index contributed by atoms with van der Waals surface area (Å²) in [5.74, 6) is 0. The molecule has 2 aromatic heterocycles. The van der Waals surface area contributed by atoms with Crippen molar-refractivity contribution in [2.45, 2.75) is 0 Å². The Balaban J connectivity index is 1.09. The predicted molar refractivity (Wildman–Crippen MR) is 200 cm³/mol. The van der Waals surface area contributed by atoms with Gasteiger partial charge in [-0.3, -0.25) is 0 Å². The number of hydrogen-bond donors (Lipinski definition) is 0. The zero-order valence-corrected chi connectivity index (χ0v) is 26.0. The first-order valence-corrected chi connectivity index (χ1v) is 16.3. The molecule has 10 rings (SSSR count). The third-order valence-corrected chi connectivity index (χ3v) is 9.76. The molecule has 0 unspecified atom stereocenters. The molecule has 224 valence electrons. The molecule has 0 aliphatic heterocycles. The summed E-state index contributed by atoms with van der Waals surface area (Å²) in [6.07, 6.45) is 1.83. The second-order valence-electron chi connectivity index (χ2n) is 12.4. The molecule has 0 radical (unpaired) electrons. The summed E-state index contributed by atoms with van der Waals surface area (Å²) in [6.45, 7) is 0. The highest BCUT2D eigenvalue weighted by Crippen LogP contribution is 2.44. The first-order chi connectivity index (χ1) is 23.8. The minimum absolute atomic E-state index is 0.784. The standard InChI is InChI=1S/C46H28O2/c1-3-11-30(12-4-1)41-28-47-45-39(41)25-24-38-40-27-33(23-26-42(40)48-46(38)45)29-19-21-32(22-20-29)44-36-17-9-7-15-34(36)43(31-13-5-2-6-14-31)35-16-8-10-18-37(35)44/h1-28H. The van der Waals surface area contributed by atoms with Gasteiger partial charge in [0.2, 0.25) is 0 Å². The number of furan rings is 2. The van der Waals surface area contributed by atoms with Crippen molar-refractivity contribution in [3.63, 3.8) is 0 Å². The fourth-order valence-corrected chi connectivity index (χ4v) is 7.53. The van der Waals surface area contributed by atoms with Crippen molar-refractivity contribution in [2.75, 3.05) is 0 Å². The van der Waals surface area contributed by atoms with E-state index in [0.717, 1.165) is 55.2 Å². The van der Waals surface area contributed by atoms with Crippen LogP contribution >= 0.6 is 0 Å². The molecule has 0 N–H and O–H groups in total. The maximum absolute atomic E-state index is 6.41. The smallest absolute Gasteiger partial charge is 0.178 e. The molecule has 2 nitrogen and oxygen atoms in total. The molecule has 0 bridgehead atoms. The number of rotatable bonds is 4. The molecular formula is C46H28O2. The Morgan fingerprint density at radius 3 is 1.44 bits per heavy atom. The van der Waals surface area contributed by atoms with E-state index in [1.807, 2.05) is 24.5 Å². The lowest BCUT2D eigenvalue weighted by atomic mass is 9.86. The molecule has 0 atom stereocenters. The average molecular weight is 613 g/mol. The Morgan fingerprint density at radius 2 is 0.812 bits per heavy atom. The van der Waals surface area contributed by atoms with Crippen LogP contribution in [0.1, 0.15) is 0 Å². The summed E-state index contributed by atoms with van der Waals surface area (Å²) >= 11 is 0. The molecule has 10 aromatic rings. The van der Waals surface area contributed by atoms with Crippen molar-refractivity contribution in [3.05, 3.63) is 170 Å². The Morgan fingerprint density at radius 1 is 0.312 bits per heavy atom. The van der Waals surface area contributed by atoms with Crippen molar-refractivity contribution in [1.82, 2.24) is 0 Å². The van der Waals surface area contributed by atoms with Crippen molar-refractivity contribution >= 4 is 54.5 Å². The topological polar surface area (TPSA) is 26.3 Å². The van der Waals surface area contributed by atoms with E-state index in [2.05, 4.69) is 146 Å². The Kier molecular flexibility index (Phi) is 5.91. The number of hydrogen-bond acceptors (Lipinski definition) is 2. The van der Waals surface area contributed by atoms with Crippen LogP contribution in [0.25, 0.3) is 99.0 Å². The van der Waals surface area contributed by atoms with Crippen molar-refractivity contribution in [2.24, 2.45) is 0 Å². The van der Waals surface area contributed by atoms with Crippen LogP contribution in [-0.2, 0) is 0 Å². The van der Waals surface area contributed by atoms with Gasteiger partial charge in [-0.05, 0) is 84.8 Å². The normalized spacial score (nSPS) is 11.8. The van der Waals surface area contributed by atoms with E-state index in [1.165, 1.54) is 43.8 Å². The van der Waals surface area contributed by atoms with Gasteiger partial charge in [0.1, 0.15) is 5.58 Å². The lowest BCUT2D eigenvalue weighted by Crippen LogP contribution is -1.90. The van der Waals surface area contributed by atoms with E-state index >= 15 is 0 Å². The number of benzene rings is 8. The summed E-state index contributed by atoms with van der Waals surface area (Å²) in [6, 6.07) is 58.5. The highest BCUT2D eigenvalue weighted by atomic mass is 16.4. The van der Waals surface area contributed by atoms with Crippen LogP contribution in [0.3, 0.4) is 0 Å². The van der Waals surface area contributed by atoms with Gasteiger partial charge >= 0.3 is 0 Å². The van der Waals surface area contributed by atoms with Crippen LogP contribution in [0.4, 0.5) is 0 Å². The van der Waals surface area contributed by atoms with E-state index in [4.69, 9.17) is 8.83 Å². The van der Waals surface area contributed by atoms with E-state index in [-0.39, 0.29) is 0 Å². The summed E-state index contributed by atoms with van der Waals surface area (Å²) in [4.78, 5) is 0. The number of fused-ring (bicyclic) bond motifs is 7. The largest absolute Gasteiger partial charge is 0.460 e. The molecule has 0 fully saturated rings. The monoisotopic (exact) mass is 612 g/mol. The minimum Gasteiger partial charge on any atom is -0.460 e. The first-order valence-electron chi connectivity index (χ1n) is 16.3. The van der Waals surface area contributed by atoms with Gasteiger partial charge < -0.3 is 8.83 Å².